The maximum absolute atomic E-state index is 12.6. The molecule has 0 unspecified atom stereocenters. The third-order valence-corrected chi connectivity index (χ3v) is 4.54. The Balaban J connectivity index is 1.83. The minimum Gasteiger partial charge on any atom is -0.497 e. The van der Waals surface area contributed by atoms with Gasteiger partial charge in [-0.15, -0.1) is 0 Å². The zero-order valence-corrected chi connectivity index (χ0v) is 16.9. The first-order valence-electron chi connectivity index (χ1n) is 8.91. The molecule has 1 amide bonds. The third kappa shape index (κ3) is 4.09. The number of benzene rings is 1. The maximum Gasteiger partial charge on any atom is 0.246 e. The minimum absolute atomic E-state index is 0.000992. The van der Waals surface area contributed by atoms with Gasteiger partial charge in [-0.3, -0.25) is 9.47 Å². The summed E-state index contributed by atoms with van der Waals surface area (Å²) in [5.74, 6) is 1.71. The van der Waals surface area contributed by atoms with Crippen LogP contribution in [0.15, 0.2) is 42.7 Å². The van der Waals surface area contributed by atoms with E-state index >= 15 is 0 Å². The highest BCUT2D eigenvalue weighted by molar-refractivity contribution is 7.71. The maximum atomic E-state index is 12.6. The zero-order chi connectivity index (χ0) is 20.1. The lowest BCUT2D eigenvalue weighted by Gasteiger charge is -2.11. The largest absolute Gasteiger partial charge is 0.497 e. The van der Waals surface area contributed by atoms with Crippen LogP contribution in [0.3, 0.4) is 0 Å². The molecule has 2 heterocycles. The molecule has 0 bridgehead atoms. The van der Waals surface area contributed by atoms with E-state index in [0.717, 1.165) is 18.7 Å². The van der Waals surface area contributed by atoms with E-state index in [4.69, 9.17) is 21.7 Å². The predicted octanol–water partition coefficient (Wildman–Crippen LogP) is 3.14. The fourth-order valence-corrected chi connectivity index (χ4v) is 3.15. The molecule has 1 N–H and O–H groups in total. The van der Waals surface area contributed by atoms with Gasteiger partial charge in [0.15, 0.2) is 5.82 Å². The molecule has 2 aromatic heterocycles. The monoisotopic (exact) mass is 401 g/mol. The van der Waals surface area contributed by atoms with Crippen LogP contribution in [0, 0.1) is 4.77 Å². The molecule has 9 heteroatoms. The Hall–Kier alpha value is -3.07. The van der Waals surface area contributed by atoms with Crippen LogP contribution in [-0.4, -0.2) is 39.3 Å². The van der Waals surface area contributed by atoms with Gasteiger partial charge in [0.05, 0.1) is 19.9 Å². The summed E-state index contributed by atoms with van der Waals surface area (Å²) in [6, 6.07) is 9.02. The summed E-state index contributed by atoms with van der Waals surface area (Å²) >= 11 is 5.56. The van der Waals surface area contributed by atoms with Crippen LogP contribution in [0.1, 0.15) is 19.2 Å². The van der Waals surface area contributed by atoms with Crippen molar-refractivity contribution in [2.75, 3.05) is 19.5 Å². The van der Waals surface area contributed by atoms with Crippen LogP contribution in [0.4, 0.5) is 5.69 Å². The molecule has 28 heavy (non-hydrogen) atoms. The number of amides is 1. The van der Waals surface area contributed by atoms with E-state index in [1.54, 1.807) is 25.3 Å². The SMILES string of the molecule is CCCc1nn(CC(=O)Nc2ccc(OC)cc2OC)c(=S)n1-n1cccc1. The molecule has 0 spiro atoms. The Morgan fingerprint density at radius 3 is 2.61 bits per heavy atom. The Morgan fingerprint density at radius 2 is 1.96 bits per heavy atom. The number of rotatable bonds is 8. The van der Waals surface area contributed by atoms with Crippen molar-refractivity contribution in [2.24, 2.45) is 0 Å². The van der Waals surface area contributed by atoms with E-state index in [-0.39, 0.29) is 12.5 Å². The van der Waals surface area contributed by atoms with E-state index in [0.29, 0.717) is 22.0 Å². The standard InChI is InChI=1S/C19H23N5O3S/c1-4-7-17-21-23(19(28)24(17)22-10-5-6-11-22)13-18(25)20-15-9-8-14(26-2)12-16(15)27-3/h5-6,8-12H,4,7,13H2,1-3H3,(H,20,25). The van der Waals surface area contributed by atoms with E-state index in [2.05, 4.69) is 17.3 Å². The summed E-state index contributed by atoms with van der Waals surface area (Å²) < 4.78 is 16.2. The summed E-state index contributed by atoms with van der Waals surface area (Å²) in [6.07, 6.45) is 5.46. The zero-order valence-electron chi connectivity index (χ0n) is 16.1. The van der Waals surface area contributed by atoms with Gasteiger partial charge in [0.25, 0.3) is 0 Å². The first-order valence-corrected chi connectivity index (χ1v) is 9.32. The Labute approximate surface area is 168 Å². The normalized spacial score (nSPS) is 10.7. The number of aromatic nitrogens is 4. The lowest BCUT2D eigenvalue weighted by atomic mass is 10.2. The van der Waals surface area contributed by atoms with Crippen molar-refractivity contribution in [3.63, 3.8) is 0 Å². The Bertz CT molecular complexity index is 1010. The molecule has 0 saturated carbocycles. The first kappa shape index (κ1) is 19.7. The highest BCUT2D eigenvalue weighted by Crippen LogP contribution is 2.29. The van der Waals surface area contributed by atoms with Crippen molar-refractivity contribution in [3.05, 3.63) is 53.3 Å². The predicted molar refractivity (Wildman–Crippen MR) is 108 cm³/mol. The fraction of sp³-hybridized carbons (Fsp3) is 0.316. The topological polar surface area (TPSA) is 75.2 Å². The molecule has 1 aromatic carbocycles. The van der Waals surface area contributed by atoms with E-state index in [1.807, 2.05) is 33.9 Å². The second-order valence-corrected chi connectivity index (χ2v) is 6.46. The molecule has 8 nitrogen and oxygen atoms in total. The molecule has 0 atom stereocenters. The average Bonchev–Trinajstić information content (AvgIpc) is 3.31. The number of anilines is 1. The summed E-state index contributed by atoms with van der Waals surface area (Å²) in [4.78, 5) is 12.6. The van der Waals surface area contributed by atoms with Crippen LogP contribution in [0.25, 0.3) is 0 Å². The van der Waals surface area contributed by atoms with Gasteiger partial charge in [-0.2, -0.15) is 5.10 Å². The number of nitrogens with zero attached hydrogens (tertiary/aromatic N) is 4. The second-order valence-electron chi connectivity index (χ2n) is 6.10. The molecule has 0 fully saturated rings. The van der Waals surface area contributed by atoms with Gasteiger partial charge in [-0.1, -0.05) is 6.92 Å². The summed E-state index contributed by atoms with van der Waals surface area (Å²) in [5.41, 5.74) is 0.554. The number of ether oxygens (including phenoxy) is 2. The van der Waals surface area contributed by atoms with Gasteiger partial charge in [0.2, 0.25) is 10.7 Å². The summed E-state index contributed by atoms with van der Waals surface area (Å²) in [6.45, 7) is 2.07. The van der Waals surface area contributed by atoms with Gasteiger partial charge >= 0.3 is 0 Å². The molecule has 0 radical (unpaired) electrons. The molecule has 0 aliphatic rings. The van der Waals surface area contributed by atoms with E-state index < -0.39 is 0 Å². The van der Waals surface area contributed by atoms with Crippen molar-refractivity contribution >= 4 is 23.8 Å². The van der Waals surface area contributed by atoms with Gasteiger partial charge < -0.3 is 14.8 Å². The van der Waals surface area contributed by atoms with E-state index in [9.17, 15) is 4.79 Å². The van der Waals surface area contributed by atoms with E-state index in [1.165, 1.54) is 11.8 Å². The second kappa shape index (κ2) is 8.75. The van der Waals surface area contributed by atoms with Crippen LogP contribution in [0.5, 0.6) is 11.5 Å². The van der Waals surface area contributed by atoms with Crippen LogP contribution in [0.2, 0.25) is 0 Å². The highest BCUT2D eigenvalue weighted by atomic mass is 32.1. The van der Waals surface area contributed by atoms with Crippen molar-refractivity contribution in [2.45, 2.75) is 26.3 Å². The van der Waals surface area contributed by atoms with Crippen molar-refractivity contribution in [1.82, 2.24) is 19.1 Å². The molecule has 3 aromatic rings. The minimum atomic E-state index is -0.250. The number of aryl methyl sites for hydroxylation is 1. The molecular formula is C19H23N5O3S. The molecule has 148 valence electrons. The average molecular weight is 401 g/mol. The van der Waals surface area contributed by atoms with Crippen LogP contribution < -0.4 is 14.8 Å². The van der Waals surface area contributed by atoms with Gasteiger partial charge in [0.1, 0.15) is 18.0 Å². The van der Waals surface area contributed by atoms with Crippen molar-refractivity contribution < 1.29 is 14.3 Å². The molecule has 0 saturated heterocycles. The lowest BCUT2D eigenvalue weighted by Crippen LogP contribution is -2.20. The summed E-state index contributed by atoms with van der Waals surface area (Å²) in [5, 5.41) is 7.39. The number of nitrogens with one attached hydrogen (secondary N) is 1. The number of hydrogen-bond acceptors (Lipinski definition) is 5. The Morgan fingerprint density at radius 1 is 1.21 bits per heavy atom. The lowest BCUT2D eigenvalue weighted by molar-refractivity contribution is -0.116. The van der Waals surface area contributed by atoms with Gasteiger partial charge in [-0.25, -0.2) is 9.36 Å². The van der Waals surface area contributed by atoms with Crippen LogP contribution in [-0.2, 0) is 17.8 Å². The number of carbonyl (C=O) groups excluding carboxylic acids is 1. The fourth-order valence-electron chi connectivity index (χ4n) is 2.85. The van der Waals surface area contributed by atoms with Crippen molar-refractivity contribution in [1.29, 1.82) is 0 Å². The Kier molecular flexibility index (Phi) is 6.15. The number of carbonyl (C=O) groups is 1. The first-order chi connectivity index (χ1) is 13.6. The third-order valence-electron chi connectivity index (χ3n) is 4.15. The quantitative estimate of drug-likeness (QED) is 0.587. The smallest absolute Gasteiger partial charge is 0.246 e. The van der Waals surface area contributed by atoms with Crippen molar-refractivity contribution in [3.8, 4) is 11.5 Å². The molecule has 3 rings (SSSR count). The molecule has 0 aliphatic carbocycles. The van der Waals surface area contributed by atoms with Crippen LogP contribution >= 0.6 is 12.2 Å². The number of methoxy groups -OCH3 is 2. The highest BCUT2D eigenvalue weighted by Gasteiger charge is 2.15. The number of hydrogen-bond donors (Lipinski definition) is 1. The molecular weight excluding hydrogens is 378 g/mol. The van der Waals surface area contributed by atoms with Gasteiger partial charge in [0, 0.05) is 24.9 Å². The molecule has 0 aliphatic heterocycles. The summed E-state index contributed by atoms with van der Waals surface area (Å²) in [7, 11) is 3.11. The van der Waals surface area contributed by atoms with Gasteiger partial charge in [-0.05, 0) is 42.9 Å².